The standard InChI is InChI=1S/C23H17N3O2/c24-14-19-13-18(9-10-20(19)23(27)28)17-7-5-16(6-8-17)11-12-26-15-25-21-3-1-2-4-22(21)26/h1-10,13,15H,11-12H2,(H,27,28). The smallest absolute Gasteiger partial charge is 0.337 e. The first-order valence-corrected chi connectivity index (χ1v) is 8.92. The molecule has 0 amide bonds. The van der Waals surface area contributed by atoms with Crippen molar-refractivity contribution in [2.24, 2.45) is 0 Å². The number of carboxylic acid groups (broad SMARTS) is 1. The van der Waals surface area contributed by atoms with Gasteiger partial charge in [-0.05, 0) is 47.4 Å². The number of hydrogen-bond acceptors (Lipinski definition) is 3. The van der Waals surface area contributed by atoms with Crippen molar-refractivity contribution < 1.29 is 9.90 Å². The van der Waals surface area contributed by atoms with Crippen LogP contribution in [0.1, 0.15) is 21.5 Å². The normalized spacial score (nSPS) is 10.7. The summed E-state index contributed by atoms with van der Waals surface area (Å²) in [5.74, 6) is -1.09. The molecule has 4 aromatic rings. The zero-order chi connectivity index (χ0) is 19.5. The lowest BCUT2D eigenvalue weighted by Crippen LogP contribution is -2.00. The predicted octanol–water partition coefficient (Wildman–Crippen LogP) is 4.52. The molecule has 0 aliphatic carbocycles. The van der Waals surface area contributed by atoms with Gasteiger partial charge in [0.05, 0.1) is 28.5 Å². The minimum absolute atomic E-state index is 0.0235. The maximum absolute atomic E-state index is 11.2. The first kappa shape index (κ1) is 17.5. The average Bonchev–Trinajstić information content (AvgIpc) is 3.15. The van der Waals surface area contributed by atoms with E-state index in [4.69, 9.17) is 5.11 Å². The van der Waals surface area contributed by atoms with E-state index in [9.17, 15) is 10.1 Å². The van der Waals surface area contributed by atoms with E-state index in [1.54, 1.807) is 12.1 Å². The molecule has 0 saturated carbocycles. The van der Waals surface area contributed by atoms with Gasteiger partial charge in [0.15, 0.2) is 0 Å². The average molecular weight is 367 g/mol. The van der Waals surface area contributed by atoms with Gasteiger partial charge < -0.3 is 9.67 Å². The lowest BCUT2D eigenvalue weighted by Gasteiger charge is -2.08. The molecule has 5 heteroatoms. The maximum Gasteiger partial charge on any atom is 0.337 e. The van der Waals surface area contributed by atoms with Crippen molar-refractivity contribution in [2.75, 3.05) is 0 Å². The topological polar surface area (TPSA) is 78.9 Å². The van der Waals surface area contributed by atoms with E-state index >= 15 is 0 Å². The second kappa shape index (κ2) is 7.37. The lowest BCUT2D eigenvalue weighted by molar-refractivity contribution is 0.0696. The highest BCUT2D eigenvalue weighted by atomic mass is 16.4. The molecule has 0 radical (unpaired) electrons. The third kappa shape index (κ3) is 3.36. The van der Waals surface area contributed by atoms with Crippen LogP contribution in [0.5, 0.6) is 0 Å². The summed E-state index contributed by atoms with van der Waals surface area (Å²) in [6.07, 6.45) is 2.74. The van der Waals surface area contributed by atoms with Gasteiger partial charge in [0, 0.05) is 6.54 Å². The largest absolute Gasteiger partial charge is 0.478 e. The highest BCUT2D eigenvalue weighted by Gasteiger charge is 2.11. The van der Waals surface area contributed by atoms with Crippen LogP contribution in [0.4, 0.5) is 0 Å². The number of benzene rings is 3. The number of carboxylic acids is 1. The van der Waals surface area contributed by atoms with E-state index < -0.39 is 5.97 Å². The Morgan fingerprint density at radius 3 is 2.54 bits per heavy atom. The molecule has 0 unspecified atom stereocenters. The summed E-state index contributed by atoms with van der Waals surface area (Å²) in [7, 11) is 0. The molecule has 0 spiro atoms. The van der Waals surface area contributed by atoms with Gasteiger partial charge in [-0.3, -0.25) is 0 Å². The van der Waals surface area contributed by atoms with Crippen molar-refractivity contribution in [1.82, 2.24) is 9.55 Å². The van der Waals surface area contributed by atoms with Crippen molar-refractivity contribution in [3.8, 4) is 17.2 Å². The van der Waals surface area contributed by atoms with Gasteiger partial charge in [-0.1, -0.05) is 42.5 Å². The lowest BCUT2D eigenvalue weighted by atomic mass is 9.98. The summed E-state index contributed by atoms with van der Waals surface area (Å²) >= 11 is 0. The van der Waals surface area contributed by atoms with Crippen LogP contribution in [-0.2, 0) is 13.0 Å². The Bertz CT molecular complexity index is 1200. The number of imidazole rings is 1. The number of aromatic carboxylic acids is 1. The third-order valence-corrected chi connectivity index (χ3v) is 4.83. The quantitative estimate of drug-likeness (QED) is 0.563. The Morgan fingerprint density at radius 2 is 1.79 bits per heavy atom. The molecule has 4 rings (SSSR count). The molecule has 0 saturated heterocycles. The highest BCUT2D eigenvalue weighted by Crippen LogP contribution is 2.23. The maximum atomic E-state index is 11.2. The van der Waals surface area contributed by atoms with Gasteiger partial charge >= 0.3 is 5.97 Å². The van der Waals surface area contributed by atoms with Gasteiger partial charge in [-0.15, -0.1) is 0 Å². The van der Waals surface area contributed by atoms with E-state index in [-0.39, 0.29) is 11.1 Å². The molecule has 5 nitrogen and oxygen atoms in total. The van der Waals surface area contributed by atoms with Crippen LogP contribution in [-0.4, -0.2) is 20.6 Å². The number of nitriles is 1. The van der Waals surface area contributed by atoms with E-state index in [1.165, 1.54) is 11.6 Å². The van der Waals surface area contributed by atoms with Crippen molar-refractivity contribution in [3.05, 3.63) is 89.7 Å². The molecule has 1 aromatic heterocycles. The molecule has 1 heterocycles. The summed E-state index contributed by atoms with van der Waals surface area (Å²) in [6, 6.07) is 23.0. The number of para-hydroxylation sites is 2. The van der Waals surface area contributed by atoms with Crippen LogP contribution in [0.2, 0.25) is 0 Å². The van der Waals surface area contributed by atoms with Crippen molar-refractivity contribution in [3.63, 3.8) is 0 Å². The van der Waals surface area contributed by atoms with Crippen molar-refractivity contribution >= 4 is 17.0 Å². The number of carbonyl (C=O) groups is 1. The molecule has 3 aromatic carbocycles. The zero-order valence-electron chi connectivity index (χ0n) is 15.0. The zero-order valence-corrected chi connectivity index (χ0v) is 15.0. The van der Waals surface area contributed by atoms with E-state index in [0.717, 1.165) is 35.1 Å². The number of rotatable bonds is 5. The second-order valence-corrected chi connectivity index (χ2v) is 6.55. The molecular formula is C23H17N3O2. The number of aryl methyl sites for hydroxylation is 2. The molecule has 136 valence electrons. The number of hydrogen-bond donors (Lipinski definition) is 1. The van der Waals surface area contributed by atoms with E-state index in [2.05, 4.69) is 27.8 Å². The van der Waals surface area contributed by atoms with Crippen LogP contribution >= 0.6 is 0 Å². The molecule has 0 atom stereocenters. The summed E-state index contributed by atoms with van der Waals surface area (Å²) < 4.78 is 2.15. The van der Waals surface area contributed by atoms with Crippen LogP contribution < -0.4 is 0 Å². The predicted molar refractivity (Wildman–Crippen MR) is 107 cm³/mol. The van der Waals surface area contributed by atoms with Gasteiger partial charge in [-0.2, -0.15) is 5.26 Å². The molecular weight excluding hydrogens is 350 g/mol. The van der Waals surface area contributed by atoms with E-state index in [0.29, 0.717) is 0 Å². The summed E-state index contributed by atoms with van der Waals surface area (Å²) in [6.45, 7) is 0.839. The summed E-state index contributed by atoms with van der Waals surface area (Å²) in [5, 5.41) is 18.3. The fraction of sp³-hybridized carbons (Fsp3) is 0.0870. The minimum Gasteiger partial charge on any atom is -0.478 e. The molecule has 0 aliphatic rings. The van der Waals surface area contributed by atoms with E-state index in [1.807, 2.05) is 42.7 Å². The van der Waals surface area contributed by atoms with Gasteiger partial charge in [0.2, 0.25) is 0 Å². The Hall–Kier alpha value is -3.91. The van der Waals surface area contributed by atoms with Gasteiger partial charge in [0.25, 0.3) is 0 Å². The van der Waals surface area contributed by atoms with Gasteiger partial charge in [-0.25, -0.2) is 9.78 Å². The minimum atomic E-state index is -1.09. The Labute approximate surface area is 162 Å². The Morgan fingerprint density at radius 1 is 1.04 bits per heavy atom. The molecule has 28 heavy (non-hydrogen) atoms. The Balaban J connectivity index is 1.51. The summed E-state index contributed by atoms with van der Waals surface area (Å²) in [5.41, 5.74) is 5.29. The summed E-state index contributed by atoms with van der Waals surface area (Å²) in [4.78, 5) is 15.6. The number of aromatic nitrogens is 2. The highest BCUT2D eigenvalue weighted by molar-refractivity contribution is 5.91. The molecule has 0 aliphatic heterocycles. The van der Waals surface area contributed by atoms with Crippen molar-refractivity contribution in [2.45, 2.75) is 13.0 Å². The molecule has 1 N–H and O–H groups in total. The first-order valence-electron chi connectivity index (χ1n) is 8.92. The SMILES string of the molecule is N#Cc1cc(-c2ccc(CCn3cnc4ccccc43)cc2)ccc1C(=O)O. The number of nitrogens with zero attached hydrogens (tertiary/aromatic N) is 3. The van der Waals surface area contributed by atoms with Crippen LogP contribution in [0, 0.1) is 11.3 Å². The van der Waals surface area contributed by atoms with Crippen molar-refractivity contribution in [1.29, 1.82) is 5.26 Å². The van der Waals surface area contributed by atoms with Crippen LogP contribution in [0.3, 0.4) is 0 Å². The third-order valence-electron chi connectivity index (χ3n) is 4.83. The fourth-order valence-corrected chi connectivity index (χ4v) is 3.30. The van der Waals surface area contributed by atoms with Crippen LogP contribution in [0.25, 0.3) is 22.2 Å². The van der Waals surface area contributed by atoms with Crippen LogP contribution in [0.15, 0.2) is 73.1 Å². The monoisotopic (exact) mass is 367 g/mol. The molecule has 0 fully saturated rings. The molecule has 0 bridgehead atoms. The number of fused-ring (bicyclic) bond motifs is 1. The first-order chi connectivity index (χ1) is 13.7. The Kier molecular flexibility index (Phi) is 4.61. The fourth-order valence-electron chi connectivity index (χ4n) is 3.30. The van der Waals surface area contributed by atoms with Gasteiger partial charge in [0.1, 0.15) is 6.07 Å². The second-order valence-electron chi connectivity index (χ2n) is 6.55.